The lowest BCUT2D eigenvalue weighted by atomic mass is 10.2. The number of hydrogen-bond donors (Lipinski definition) is 0. The number of esters is 1. The maximum atomic E-state index is 11.7. The van der Waals surface area contributed by atoms with E-state index in [2.05, 4.69) is 62.1 Å². The number of carbonyl (C=O) groups is 1. The number of benzene rings is 1. The van der Waals surface area contributed by atoms with E-state index in [1.807, 2.05) is 0 Å². The van der Waals surface area contributed by atoms with Crippen LogP contribution in [0.5, 0.6) is 0 Å². The summed E-state index contributed by atoms with van der Waals surface area (Å²) >= 11 is 0. The van der Waals surface area contributed by atoms with Crippen LogP contribution in [-0.2, 0) is 22.6 Å². The van der Waals surface area contributed by atoms with Crippen LogP contribution in [-0.4, -0.2) is 63.4 Å². The lowest BCUT2D eigenvalue weighted by Gasteiger charge is -2.30. The Morgan fingerprint density at radius 3 is 2.83 bits per heavy atom. The van der Waals surface area contributed by atoms with Crippen molar-refractivity contribution >= 4 is 22.8 Å². The van der Waals surface area contributed by atoms with E-state index in [1.54, 1.807) is 17.2 Å². The van der Waals surface area contributed by atoms with E-state index in [4.69, 9.17) is 4.74 Å². The minimum atomic E-state index is -0.352. The lowest BCUT2D eigenvalue weighted by Crippen LogP contribution is -2.39. The highest BCUT2D eigenvalue weighted by molar-refractivity contribution is 5.87. The standard InChI is InChI=1S/C21H26N6O2/c1-16-12-25(13-17-7-4-3-5-8-17)9-6-10-26(16)20-18-11-24-27(14-19(28)29-2)21(18)23-15-22-20/h3-5,7-8,11,15-16H,6,9-10,12-14H2,1-2H3. The van der Waals surface area contributed by atoms with Gasteiger partial charge in [0.25, 0.3) is 0 Å². The fraction of sp³-hybridized carbons (Fsp3) is 0.429. The molecule has 0 bridgehead atoms. The van der Waals surface area contributed by atoms with Crippen molar-refractivity contribution in [1.29, 1.82) is 0 Å². The molecule has 1 aliphatic heterocycles. The molecule has 0 saturated carbocycles. The smallest absolute Gasteiger partial charge is 0.327 e. The molecule has 3 aromatic rings. The number of carbonyl (C=O) groups excluding carboxylic acids is 1. The van der Waals surface area contributed by atoms with Crippen LogP contribution in [0.2, 0.25) is 0 Å². The Morgan fingerprint density at radius 1 is 1.21 bits per heavy atom. The predicted octanol–water partition coefficient (Wildman–Crippen LogP) is 2.10. The summed E-state index contributed by atoms with van der Waals surface area (Å²) in [5.41, 5.74) is 1.99. The molecule has 3 heterocycles. The number of rotatable bonds is 5. The predicted molar refractivity (Wildman–Crippen MR) is 110 cm³/mol. The van der Waals surface area contributed by atoms with E-state index >= 15 is 0 Å². The highest BCUT2D eigenvalue weighted by Gasteiger charge is 2.25. The molecule has 1 fully saturated rings. The quantitative estimate of drug-likeness (QED) is 0.614. The van der Waals surface area contributed by atoms with Gasteiger partial charge in [0.05, 0.1) is 18.7 Å². The largest absolute Gasteiger partial charge is 0.468 e. The fourth-order valence-corrected chi connectivity index (χ4v) is 3.96. The van der Waals surface area contributed by atoms with Crippen molar-refractivity contribution in [2.24, 2.45) is 0 Å². The molecule has 8 heteroatoms. The Morgan fingerprint density at radius 2 is 2.03 bits per heavy atom. The van der Waals surface area contributed by atoms with Gasteiger partial charge in [0.15, 0.2) is 5.65 Å². The molecule has 1 saturated heterocycles. The van der Waals surface area contributed by atoms with E-state index in [0.29, 0.717) is 11.7 Å². The zero-order chi connectivity index (χ0) is 20.2. The molecule has 1 aromatic carbocycles. The maximum Gasteiger partial charge on any atom is 0.327 e. The van der Waals surface area contributed by atoms with Gasteiger partial charge in [0.2, 0.25) is 0 Å². The van der Waals surface area contributed by atoms with Gasteiger partial charge >= 0.3 is 5.97 Å². The number of nitrogens with zero attached hydrogens (tertiary/aromatic N) is 6. The summed E-state index contributed by atoms with van der Waals surface area (Å²) in [6.07, 6.45) is 4.35. The van der Waals surface area contributed by atoms with Crippen molar-refractivity contribution in [3.05, 3.63) is 48.4 Å². The first-order valence-corrected chi connectivity index (χ1v) is 9.92. The second kappa shape index (κ2) is 8.57. The van der Waals surface area contributed by atoms with Crippen molar-refractivity contribution in [3.63, 3.8) is 0 Å². The maximum absolute atomic E-state index is 11.7. The Bertz CT molecular complexity index is 974. The normalized spacial score (nSPS) is 18.0. The van der Waals surface area contributed by atoms with Crippen LogP contribution in [0.1, 0.15) is 18.9 Å². The molecule has 0 aliphatic carbocycles. The van der Waals surface area contributed by atoms with Gasteiger partial charge in [-0.05, 0) is 18.9 Å². The monoisotopic (exact) mass is 394 g/mol. The minimum Gasteiger partial charge on any atom is -0.468 e. The fourth-order valence-electron chi connectivity index (χ4n) is 3.96. The molecule has 4 rings (SSSR count). The minimum absolute atomic E-state index is 0.0386. The van der Waals surface area contributed by atoms with Gasteiger partial charge in [-0.2, -0.15) is 5.10 Å². The third-order valence-corrected chi connectivity index (χ3v) is 5.37. The highest BCUT2D eigenvalue weighted by Crippen LogP contribution is 2.26. The topological polar surface area (TPSA) is 76.4 Å². The lowest BCUT2D eigenvalue weighted by molar-refractivity contribution is -0.141. The zero-order valence-electron chi connectivity index (χ0n) is 16.9. The zero-order valence-corrected chi connectivity index (χ0v) is 16.9. The van der Waals surface area contributed by atoms with Gasteiger partial charge in [-0.25, -0.2) is 14.6 Å². The Kier molecular flexibility index (Phi) is 5.71. The average molecular weight is 394 g/mol. The Balaban J connectivity index is 1.55. The van der Waals surface area contributed by atoms with Crippen LogP contribution in [0.3, 0.4) is 0 Å². The van der Waals surface area contributed by atoms with Crippen LogP contribution in [0.15, 0.2) is 42.9 Å². The molecule has 1 unspecified atom stereocenters. The average Bonchev–Trinajstić information content (AvgIpc) is 3.05. The first-order valence-electron chi connectivity index (χ1n) is 9.92. The van der Waals surface area contributed by atoms with Gasteiger partial charge in [0.1, 0.15) is 18.7 Å². The highest BCUT2D eigenvalue weighted by atomic mass is 16.5. The van der Waals surface area contributed by atoms with Crippen molar-refractivity contribution in [3.8, 4) is 0 Å². The first kappa shape index (κ1) is 19.3. The molecule has 0 amide bonds. The number of hydrogen-bond acceptors (Lipinski definition) is 7. The van der Waals surface area contributed by atoms with Gasteiger partial charge in [0, 0.05) is 32.2 Å². The molecule has 1 atom stereocenters. The van der Waals surface area contributed by atoms with Crippen LogP contribution < -0.4 is 4.90 Å². The summed E-state index contributed by atoms with van der Waals surface area (Å²) < 4.78 is 6.32. The van der Waals surface area contributed by atoms with Crippen LogP contribution >= 0.6 is 0 Å². The second-order valence-electron chi connectivity index (χ2n) is 7.43. The summed E-state index contributed by atoms with van der Waals surface area (Å²) in [5.74, 6) is 0.523. The van der Waals surface area contributed by atoms with Crippen LogP contribution in [0, 0.1) is 0 Å². The SMILES string of the molecule is COC(=O)Cn1ncc2c(N3CCCN(Cc4ccccc4)CC3C)ncnc21. The second-order valence-corrected chi connectivity index (χ2v) is 7.43. The Labute approximate surface area is 170 Å². The number of methoxy groups -OCH3 is 1. The molecule has 0 N–H and O–H groups in total. The van der Waals surface area contributed by atoms with E-state index in [9.17, 15) is 4.79 Å². The van der Waals surface area contributed by atoms with Gasteiger partial charge in [-0.3, -0.25) is 9.69 Å². The molecule has 1 aliphatic rings. The molecule has 29 heavy (non-hydrogen) atoms. The number of anilines is 1. The third-order valence-electron chi connectivity index (χ3n) is 5.37. The van der Waals surface area contributed by atoms with Crippen LogP contribution in [0.4, 0.5) is 5.82 Å². The van der Waals surface area contributed by atoms with Gasteiger partial charge < -0.3 is 9.64 Å². The van der Waals surface area contributed by atoms with Crippen molar-refractivity contribution in [2.45, 2.75) is 32.5 Å². The number of fused-ring (bicyclic) bond motifs is 1. The summed E-state index contributed by atoms with van der Waals surface area (Å²) in [6, 6.07) is 10.9. The molecular weight excluding hydrogens is 368 g/mol. The van der Waals surface area contributed by atoms with Crippen molar-refractivity contribution in [2.75, 3.05) is 31.6 Å². The van der Waals surface area contributed by atoms with E-state index in [0.717, 1.165) is 43.8 Å². The summed E-state index contributed by atoms with van der Waals surface area (Å²) in [4.78, 5) is 25.4. The van der Waals surface area contributed by atoms with Crippen molar-refractivity contribution in [1.82, 2.24) is 24.6 Å². The summed E-state index contributed by atoms with van der Waals surface area (Å²) in [5, 5.41) is 5.20. The van der Waals surface area contributed by atoms with E-state index < -0.39 is 0 Å². The number of ether oxygens (including phenoxy) is 1. The summed E-state index contributed by atoms with van der Waals surface area (Å²) in [6.45, 7) is 6.14. The van der Waals surface area contributed by atoms with Gasteiger partial charge in [-0.15, -0.1) is 0 Å². The molecule has 0 spiro atoms. The van der Waals surface area contributed by atoms with Crippen LogP contribution in [0.25, 0.3) is 11.0 Å². The molecule has 8 nitrogen and oxygen atoms in total. The molecule has 0 radical (unpaired) electrons. The first-order chi connectivity index (χ1) is 14.2. The third kappa shape index (κ3) is 4.22. The molecule has 2 aromatic heterocycles. The number of aromatic nitrogens is 4. The molecular formula is C21H26N6O2. The molecule has 152 valence electrons. The Hall–Kier alpha value is -3.00. The van der Waals surface area contributed by atoms with Crippen molar-refractivity contribution < 1.29 is 9.53 Å². The van der Waals surface area contributed by atoms with Gasteiger partial charge in [-0.1, -0.05) is 30.3 Å². The summed E-state index contributed by atoms with van der Waals surface area (Å²) in [7, 11) is 1.37. The van der Waals surface area contributed by atoms with E-state index in [1.165, 1.54) is 12.7 Å². The van der Waals surface area contributed by atoms with E-state index in [-0.39, 0.29) is 12.5 Å².